The van der Waals surface area contributed by atoms with Crippen LogP contribution in [0, 0.1) is 5.92 Å². The molecule has 2 rings (SSSR count). The quantitative estimate of drug-likeness (QED) is 0.405. The lowest BCUT2D eigenvalue weighted by Gasteiger charge is -2.32. The number of aliphatic imine (C=N–C) groups is 1. The Labute approximate surface area is 162 Å². The van der Waals surface area contributed by atoms with Crippen molar-refractivity contribution in [3.05, 3.63) is 29.8 Å². The lowest BCUT2D eigenvalue weighted by molar-refractivity contribution is 0.273. The third kappa shape index (κ3) is 5.59. The van der Waals surface area contributed by atoms with Crippen molar-refractivity contribution in [2.75, 3.05) is 27.2 Å². The molecular weight excluding hydrogens is 439 g/mol. The van der Waals surface area contributed by atoms with Crippen LogP contribution in [0.2, 0.25) is 0 Å². The van der Waals surface area contributed by atoms with Crippen LogP contribution in [0.5, 0.6) is 0 Å². The lowest BCUT2D eigenvalue weighted by atomic mass is 10.00. The van der Waals surface area contributed by atoms with Crippen LogP contribution >= 0.6 is 24.0 Å². The zero-order chi connectivity index (χ0) is 16.9. The van der Waals surface area contributed by atoms with Gasteiger partial charge in [0.2, 0.25) is 10.0 Å². The Morgan fingerprint density at radius 2 is 2.00 bits per heavy atom. The first-order valence-corrected chi connectivity index (χ1v) is 9.42. The van der Waals surface area contributed by atoms with E-state index in [0.717, 1.165) is 30.5 Å². The summed E-state index contributed by atoms with van der Waals surface area (Å²) < 4.78 is 26.1. The molecule has 2 N–H and O–H groups in total. The Hall–Kier alpha value is -0.870. The van der Waals surface area contributed by atoms with Crippen molar-refractivity contribution in [3.8, 4) is 0 Å². The Morgan fingerprint density at radius 1 is 1.33 bits per heavy atom. The summed E-state index contributed by atoms with van der Waals surface area (Å²) in [6.07, 6.45) is 2.35. The Balaban J connectivity index is 0.00000288. The van der Waals surface area contributed by atoms with E-state index >= 15 is 0 Å². The van der Waals surface area contributed by atoms with Crippen molar-refractivity contribution in [1.29, 1.82) is 0 Å². The van der Waals surface area contributed by atoms with Gasteiger partial charge in [-0.3, -0.25) is 4.99 Å². The number of nitrogens with zero attached hydrogens (tertiary/aromatic N) is 2. The van der Waals surface area contributed by atoms with Gasteiger partial charge in [0.15, 0.2) is 5.96 Å². The second kappa shape index (κ2) is 9.57. The number of nitrogens with one attached hydrogen (secondary N) is 2. The van der Waals surface area contributed by atoms with E-state index < -0.39 is 10.0 Å². The van der Waals surface area contributed by atoms with E-state index in [1.54, 1.807) is 25.2 Å². The molecule has 1 fully saturated rings. The monoisotopic (exact) mass is 466 g/mol. The molecule has 1 aromatic carbocycles. The molecule has 136 valence electrons. The maximum absolute atomic E-state index is 11.9. The van der Waals surface area contributed by atoms with E-state index in [1.165, 1.54) is 19.9 Å². The largest absolute Gasteiger partial charge is 0.352 e. The minimum Gasteiger partial charge on any atom is -0.352 e. The van der Waals surface area contributed by atoms with Crippen molar-refractivity contribution in [1.82, 2.24) is 14.9 Å². The highest BCUT2D eigenvalue weighted by Gasteiger charge is 2.18. The Kier molecular flexibility index (Phi) is 8.44. The molecule has 1 aromatic rings. The van der Waals surface area contributed by atoms with Crippen molar-refractivity contribution >= 4 is 40.0 Å². The van der Waals surface area contributed by atoms with Crippen LogP contribution in [0.25, 0.3) is 0 Å². The van der Waals surface area contributed by atoms with E-state index in [0.29, 0.717) is 6.54 Å². The zero-order valence-electron chi connectivity index (χ0n) is 14.4. The second-order valence-electron chi connectivity index (χ2n) is 5.93. The number of piperidine rings is 1. The number of rotatable bonds is 4. The zero-order valence-corrected chi connectivity index (χ0v) is 17.6. The molecule has 0 amide bonds. The van der Waals surface area contributed by atoms with E-state index in [9.17, 15) is 8.42 Å². The first-order valence-electron chi connectivity index (χ1n) is 7.94. The van der Waals surface area contributed by atoms with E-state index in [1.807, 2.05) is 6.07 Å². The maximum Gasteiger partial charge on any atom is 0.240 e. The SMILES string of the molecule is CN=C(NCc1cccc(S(=O)(=O)NC)c1)N1CCC(C)CC1.I. The molecule has 0 unspecified atom stereocenters. The van der Waals surface area contributed by atoms with Crippen molar-refractivity contribution in [3.63, 3.8) is 0 Å². The second-order valence-corrected chi connectivity index (χ2v) is 7.81. The number of hydrogen-bond donors (Lipinski definition) is 2. The van der Waals surface area contributed by atoms with Gasteiger partial charge in [0, 0.05) is 26.7 Å². The lowest BCUT2D eigenvalue weighted by Crippen LogP contribution is -2.45. The van der Waals surface area contributed by atoms with Gasteiger partial charge in [-0.1, -0.05) is 19.1 Å². The van der Waals surface area contributed by atoms with Crippen LogP contribution in [0.1, 0.15) is 25.3 Å². The van der Waals surface area contributed by atoms with Gasteiger partial charge in [-0.05, 0) is 43.5 Å². The minimum atomic E-state index is -3.41. The first-order chi connectivity index (χ1) is 11.0. The third-order valence-corrected chi connectivity index (χ3v) is 5.64. The van der Waals surface area contributed by atoms with Crippen molar-refractivity contribution < 1.29 is 8.42 Å². The molecule has 1 saturated heterocycles. The average molecular weight is 466 g/mol. The Morgan fingerprint density at radius 3 is 2.58 bits per heavy atom. The summed E-state index contributed by atoms with van der Waals surface area (Å²) in [5.74, 6) is 1.64. The third-order valence-electron chi connectivity index (χ3n) is 4.22. The summed E-state index contributed by atoms with van der Waals surface area (Å²) in [4.78, 5) is 6.88. The highest BCUT2D eigenvalue weighted by molar-refractivity contribution is 14.0. The fourth-order valence-corrected chi connectivity index (χ4v) is 3.47. The summed E-state index contributed by atoms with van der Waals surface area (Å²) >= 11 is 0. The molecule has 0 saturated carbocycles. The normalized spacial score (nSPS) is 16.6. The molecule has 0 aliphatic carbocycles. The van der Waals surface area contributed by atoms with Crippen molar-refractivity contribution in [2.24, 2.45) is 10.9 Å². The Bertz CT molecular complexity index is 656. The molecule has 1 heterocycles. The van der Waals surface area contributed by atoms with Crippen LogP contribution in [0.15, 0.2) is 34.2 Å². The molecular formula is C16H27IN4O2S. The highest BCUT2D eigenvalue weighted by atomic mass is 127. The average Bonchev–Trinajstić information content (AvgIpc) is 2.57. The number of sulfonamides is 1. The number of guanidine groups is 1. The van der Waals surface area contributed by atoms with Crippen molar-refractivity contribution in [2.45, 2.75) is 31.2 Å². The topological polar surface area (TPSA) is 73.8 Å². The molecule has 0 bridgehead atoms. The number of halogens is 1. The molecule has 0 aromatic heterocycles. The van der Waals surface area contributed by atoms with Gasteiger partial charge in [-0.25, -0.2) is 13.1 Å². The predicted molar refractivity (Wildman–Crippen MR) is 108 cm³/mol. The summed E-state index contributed by atoms with van der Waals surface area (Å²) in [7, 11) is -0.214. The maximum atomic E-state index is 11.9. The van der Waals surface area contributed by atoms with Gasteiger partial charge < -0.3 is 10.2 Å². The van der Waals surface area contributed by atoms with E-state index in [-0.39, 0.29) is 28.9 Å². The summed E-state index contributed by atoms with van der Waals surface area (Å²) in [5, 5.41) is 3.33. The van der Waals surface area contributed by atoms with E-state index in [2.05, 4.69) is 26.9 Å². The highest BCUT2D eigenvalue weighted by Crippen LogP contribution is 2.16. The number of hydrogen-bond acceptors (Lipinski definition) is 3. The van der Waals surface area contributed by atoms with Crippen LogP contribution in [-0.4, -0.2) is 46.5 Å². The van der Waals surface area contributed by atoms with Gasteiger partial charge in [0.05, 0.1) is 4.90 Å². The molecule has 6 nitrogen and oxygen atoms in total. The first kappa shape index (κ1) is 21.2. The molecule has 8 heteroatoms. The van der Waals surface area contributed by atoms with Crippen LogP contribution in [-0.2, 0) is 16.6 Å². The fourth-order valence-electron chi connectivity index (χ4n) is 2.67. The van der Waals surface area contributed by atoms with E-state index in [4.69, 9.17) is 0 Å². The molecule has 0 spiro atoms. The summed E-state index contributed by atoms with van der Waals surface area (Å²) in [6, 6.07) is 6.94. The van der Waals surface area contributed by atoms with Gasteiger partial charge in [-0.2, -0.15) is 0 Å². The summed E-state index contributed by atoms with van der Waals surface area (Å²) in [5.41, 5.74) is 0.910. The van der Waals surface area contributed by atoms with Gasteiger partial charge in [0.1, 0.15) is 0 Å². The number of likely N-dealkylation sites (tertiary alicyclic amines) is 1. The minimum absolute atomic E-state index is 0. The van der Waals surface area contributed by atoms with Crippen LogP contribution < -0.4 is 10.0 Å². The van der Waals surface area contributed by atoms with Gasteiger partial charge in [-0.15, -0.1) is 24.0 Å². The fraction of sp³-hybridized carbons (Fsp3) is 0.562. The molecule has 0 atom stereocenters. The standard InChI is InChI=1S/C16H26N4O2S.HI/c1-13-7-9-20(10-8-13)16(17-2)19-12-14-5-4-6-15(11-14)23(21,22)18-3;/h4-6,11,13,18H,7-10,12H2,1-3H3,(H,17,19);1H. The molecule has 0 radical (unpaired) electrons. The van der Waals surface area contributed by atoms with Gasteiger partial charge in [0.25, 0.3) is 0 Å². The van der Waals surface area contributed by atoms with Gasteiger partial charge >= 0.3 is 0 Å². The molecule has 1 aliphatic heterocycles. The number of benzene rings is 1. The van der Waals surface area contributed by atoms with Crippen LogP contribution in [0.3, 0.4) is 0 Å². The summed E-state index contributed by atoms with van der Waals surface area (Å²) in [6.45, 7) is 4.84. The molecule has 24 heavy (non-hydrogen) atoms. The molecule has 1 aliphatic rings. The van der Waals surface area contributed by atoms with Crippen LogP contribution in [0.4, 0.5) is 0 Å². The predicted octanol–water partition coefficient (Wildman–Crippen LogP) is 2.02. The smallest absolute Gasteiger partial charge is 0.240 e.